The molecule has 146 valence electrons. The van der Waals surface area contributed by atoms with Crippen LogP contribution in [0.1, 0.15) is 40.7 Å². The summed E-state index contributed by atoms with van der Waals surface area (Å²) < 4.78 is 4.67. The van der Waals surface area contributed by atoms with E-state index in [0.717, 1.165) is 23.7 Å². The number of benzene rings is 1. The lowest BCUT2D eigenvalue weighted by molar-refractivity contribution is -0.139. The van der Waals surface area contributed by atoms with E-state index in [1.165, 1.54) is 41.0 Å². The average molecular weight is 398 g/mol. The lowest BCUT2D eigenvalue weighted by Gasteiger charge is -2.18. The SMILES string of the molecule is COC(=O)Cc1csc(N(C)C(=O)c2ccc3[nH]c4c(c3c2)CC(C)CC4)n1. The molecule has 6 nitrogen and oxygen atoms in total. The number of carbonyl (C=O) groups excluding carboxylic acids is 2. The van der Waals surface area contributed by atoms with Gasteiger partial charge in [-0.15, -0.1) is 11.3 Å². The molecule has 7 heteroatoms. The van der Waals surface area contributed by atoms with Crippen LogP contribution >= 0.6 is 11.3 Å². The Morgan fingerprint density at radius 1 is 1.39 bits per heavy atom. The number of esters is 1. The van der Waals surface area contributed by atoms with Gasteiger partial charge in [-0.05, 0) is 48.9 Å². The highest BCUT2D eigenvalue weighted by molar-refractivity contribution is 7.14. The second-order valence-electron chi connectivity index (χ2n) is 7.43. The summed E-state index contributed by atoms with van der Waals surface area (Å²) in [6, 6.07) is 5.84. The summed E-state index contributed by atoms with van der Waals surface area (Å²) >= 11 is 1.34. The molecule has 3 aromatic rings. The third kappa shape index (κ3) is 3.42. The second kappa shape index (κ2) is 7.39. The van der Waals surface area contributed by atoms with Gasteiger partial charge < -0.3 is 9.72 Å². The third-order valence-corrected chi connectivity index (χ3v) is 6.33. The average Bonchev–Trinajstić information content (AvgIpc) is 3.30. The van der Waals surface area contributed by atoms with E-state index in [-0.39, 0.29) is 18.3 Å². The summed E-state index contributed by atoms with van der Waals surface area (Å²) in [5, 5.41) is 3.49. The van der Waals surface area contributed by atoms with Gasteiger partial charge >= 0.3 is 5.97 Å². The van der Waals surface area contributed by atoms with E-state index < -0.39 is 0 Å². The van der Waals surface area contributed by atoms with Gasteiger partial charge in [-0.25, -0.2) is 4.98 Å². The topological polar surface area (TPSA) is 75.3 Å². The molecule has 0 radical (unpaired) electrons. The summed E-state index contributed by atoms with van der Waals surface area (Å²) in [6.45, 7) is 2.28. The minimum absolute atomic E-state index is 0.106. The summed E-state index contributed by atoms with van der Waals surface area (Å²) in [4.78, 5) is 33.9. The first kappa shape index (κ1) is 18.7. The Bertz CT molecular complexity index is 1050. The molecule has 1 aliphatic rings. The molecule has 4 rings (SSSR count). The van der Waals surface area contributed by atoms with Crippen LogP contribution in [0.25, 0.3) is 10.9 Å². The number of thiazole rings is 1. The van der Waals surface area contributed by atoms with Crippen LogP contribution in [0.15, 0.2) is 23.6 Å². The molecule has 0 bridgehead atoms. The number of hydrogen-bond acceptors (Lipinski definition) is 5. The first-order valence-corrected chi connectivity index (χ1v) is 10.3. The van der Waals surface area contributed by atoms with Gasteiger partial charge in [0.05, 0.1) is 19.2 Å². The number of hydrogen-bond donors (Lipinski definition) is 1. The highest BCUT2D eigenvalue weighted by Gasteiger charge is 2.22. The Labute approximate surface area is 167 Å². The van der Waals surface area contributed by atoms with Crippen LogP contribution in [-0.4, -0.2) is 36.0 Å². The van der Waals surface area contributed by atoms with Gasteiger partial charge in [0.15, 0.2) is 5.13 Å². The Morgan fingerprint density at radius 3 is 3.00 bits per heavy atom. The molecule has 0 aliphatic heterocycles. The molecule has 28 heavy (non-hydrogen) atoms. The zero-order chi connectivity index (χ0) is 19.8. The van der Waals surface area contributed by atoms with Crippen LogP contribution in [-0.2, 0) is 28.8 Å². The number of nitrogens with one attached hydrogen (secondary N) is 1. The number of aromatic amines is 1. The summed E-state index contributed by atoms with van der Waals surface area (Å²) in [5.41, 5.74) is 4.99. The van der Waals surface area contributed by atoms with Crippen LogP contribution in [0.4, 0.5) is 5.13 Å². The number of H-pyrrole nitrogens is 1. The number of aromatic nitrogens is 2. The Hall–Kier alpha value is -2.67. The maximum absolute atomic E-state index is 13.0. The van der Waals surface area contributed by atoms with E-state index in [1.807, 2.05) is 18.2 Å². The first-order chi connectivity index (χ1) is 13.5. The van der Waals surface area contributed by atoms with E-state index in [0.29, 0.717) is 22.3 Å². The standard InChI is InChI=1S/C21H23N3O3S/c1-12-4-6-17-15(8-12)16-9-13(5-7-18(16)23-17)20(26)24(2)21-22-14(11-28-21)10-19(25)27-3/h5,7,9,11-12,23H,4,6,8,10H2,1-3H3. The third-order valence-electron chi connectivity index (χ3n) is 5.37. The van der Waals surface area contributed by atoms with Gasteiger partial charge in [-0.1, -0.05) is 6.92 Å². The van der Waals surface area contributed by atoms with Crippen LogP contribution in [0.3, 0.4) is 0 Å². The van der Waals surface area contributed by atoms with E-state index in [1.54, 1.807) is 12.4 Å². The first-order valence-electron chi connectivity index (χ1n) is 9.39. The van der Waals surface area contributed by atoms with Crippen molar-refractivity contribution in [1.29, 1.82) is 0 Å². The van der Waals surface area contributed by atoms with Crippen LogP contribution in [0.2, 0.25) is 0 Å². The van der Waals surface area contributed by atoms with Crippen LogP contribution in [0, 0.1) is 5.92 Å². The minimum atomic E-state index is -0.345. The number of fused-ring (bicyclic) bond motifs is 3. The predicted molar refractivity (Wildman–Crippen MR) is 110 cm³/mol. The van der Waals surface area contributed by atoms with Crippen molar-refractivity contribution in [2.24, 2.45) is 5.92 Å². The van der Waals surface area contributed by atoms with Crippen LogP contribution in [0.5, 0.6) is 0 Å². The van der Waals surface area contributed by atoms with Crippen molar-refractivity contribution in [3.05, 3.63) is 46.1 Å². The molecule has 2 heterocycles. The molecule has 2 aromatic heterocycles. The van der Waals surface area contributed by atoms with E-state index in [9.17, 15) is 9.59 Å². The summed E-state index contributed by atoms with van der Waals surface area (Å²) in [6.07, 6.45) is 3.42. The fraction of sp³-hybridized carbons (Fsp3) is 0.381. The summed E-state index contributed by atoms with van der Waals surface area (Å²) in [5.74, 6) is 0.208. The van der Waals surface area contributed by atoms with E-state index in [4.69, 9.17) is 0 Å². The fourth-order valence-corrected chi connectivity index (χ4v) is 4.54. The van der Waals surface area contributed by atoms with Gasteiger partial charge in [-0.3, -0.25) is 14.5 Å². The van der Waals surface area contributed by atoms with E-state index >= 15 is 0 Å². The molecule has 1 N–H and O–H groups in total. The molecule has 1 amide bonds. The van der Waals surface area contributed by atoms with Crippen LogP contribution < -0.4 is 4.90 Å². The Morgan fingerprint density at radius 2 is 2.21 bits per heavy atom. The number of aryl methyl sites for hydroxylation is 1. The van der Waals surface area contributed by atoms with E-state index in [2.05, 4.69) is 21.6 Å². The highest BCUT2D eigenvalue weighted by atomic mass is 32.1. The number of anilines is 1. The minimum Gasteiger partial charge on any atom is -0.469 e. The maximum atomic E-state index is 13.0. The number of rotatable bonds is 4. The molecular weight excluding hydrogens is 374 g/mol. The summed E-state index contributed by atoms with van der Waals surface area (Å²) in [7, 11) is 3.06. The van der Waals surface area contributed by atoms with Crippen molar-refractivity contribution in [2.45, 2.75) is 32.6 Å². The van der Waals surface area contributed by atoms with Crippen molar-refractivity contribution in [2.75, 3.05) is 19.1 Å². The molecule has 1 aromatic carbocycles. The Kier molecular flexibility index (Phi) is 4.93. The number of ether oxygens (including phenoxy) is 1. The highest BCUT2D eigenvalue weighted by Crippen LogP contribution is 2.32. The molecule has 1 unspecified atom stereocenters. The quantitative estimate of drug-likeness (QED) is 0.681. The van der Waals surface area contributed by atoms with Crippen molar-refractivity contribution in [3.63, 3.8) is 0 Å². The zero-order valence-corrected chi connectivity index (χ0v) is 17.1. The largest absolute Gasteiger partial charge is 0.469 e. The number of amides is 1. The maximum Gasteiger partial charge on any atom is 0.311 e. The predicted octanol–water partition coefficient (Wildman–Crippen LogP) is 3.74. The molecule has 0 fully saturated rings. The molecule has 0 spiro atoms. The van der Waals surface area contributed by atoms with Crippen molar-refractivity contribution < 1.29 is 14.3 Å². The monoisotopic (exact) mass is 397 g/mol. The Balaban J connectivity index is 1.60. The molecule has 1 atom stereocenters. The van der Waals surface area contributed by atoms with Crippen molar-refractivity contribution >= 4 is 39.2 Å². The van der Waals surface area contributed by atoms with Gasteiger partial charge in [0, 0.05) is 34.6 Å². The number of carbonyl (C=O) groups is 2. The van der Waals surface area contributed by atoms with Gasteiger partial charge in [0.1, 0.15) is 0 Å². The van der Waals surface area contributed by atoms with Gasteiger partial charge in [-0.2, -0.15) is 0 Å². The molecule has 1 aliphatic carbocycles. The molecule has 0 saturated carbocycles. The van der Waals surface area contributed by atoms with Gasteiger partial charge in [0.2, 0.25) is 0 Å². The number of nitrogens with zero attached hydrogens (tertiary/aromatic N) is 2. The zero-order valence-electron chi connectivity index (χ0n) is 16.2. The lowest BCUT2D eigenvalue weighted by Crippen LogP contribution is -2.26. The van der Waals surface area contributed by atoms with Crippen molar-refractivity contribution in [1.82, 2.24) is 9.97 Å². The second-order valence-corrected chi connectivity index (χ2v) is 8.27. The molecule has 0 saturated heterocycles. The fourth-order valence-electron chi connectivity index (χ4n) is 3.76. The normalized spacial score (nSPS) is 16.0. The van der Waals surface area contributed by atoms with Crippen molar-refractivity contribution in [3.8, 4) is 0 Å². The van der Waals surface area contributed by atoms with Gasteiger partial charge in [0.25, 0.3) is 5.91 Å². The number of methoxy groups -OCH3 is 1. The lowest BCUT2D eigenvalue weighted by atomic mass is 9.87. The molecular formula is C21H23N3O3S. The smallest absolute Gasteiger partial charge is 0.311 e.